The van der Waals surface area contributed by atoms with E-state index >= 15 is 0 Å². The van der Waals surface area contributed by atoms with Gasteiger partial charge >= 0.3 is 12.0 Å². The molecule has 1 aromatic carbocycles. The molecule has 2 rings (SSSR count). The van der Waals surface area contributed by atoms with Crippen molar-refractivity contribution >= 4 is 50.3 Å². The van der Waals surface area contributed by atoms with Crippen LogP contribution in [-0.4, -0.2) is 28.1 Å². The number of nitrogens with zero attached hydrogens (tertiary/aromatic N) is 1. The number of benzene rings is 1. The lowest BCUT2D eigenvalue weighted by atomic mass is 10.1. The summed E-state index contributed by atoms with van der Waals surface area (Å²) < 4.78 is 0.844. The Balaban J connectivity index is 2.09. The van der Waals surface area contributed by atoms with Crippen LogP contribution in [0, 0.1) is 5.92 Å². The van der Waals surface area contributed by atoms with Crippen molar-refractivity contribution in [2.24, 2.45) is 5.92 Å². The lowest BCUT2D eigenvalue weighted by Crippen LogP contribution is -2.46. The van der Waals surface area contributed by atoms with E-state index in [4.69, 9.17) is 16.7 Å². The SMILES string of the molecule is CC(C)C(NC(=O)Nc1nc2ccc(Cl)cc2s1)C(=O)O. The zero-order valence-corrected chi connectivity index (χ0v) is 13.0. The van der Waals surface area contributed by atoms with Gasteiger partial charge in [-0.1, -0.05) is 36.8 Å². The maximum Gasteiger partial charge on any atom is 0.326 e. The van der Waals surface area contributed by atoms with E-state index < -0.39 is 18.0 Å². The minimum atomic E-state index is -1.07. The highest BCUT2D eigenvalue weighted by Gasteiger charge is 2.23. The number of urea groups is 1. The predicted molar refractivity (Wildman–Crippen MR) is 83.0 cm³/mol. The fraction of sp³-hybridized carbons (Fsp3) is 0.308. The van der Waals surface area contributed by atoms with Gasteiger partial charge in [0.25, 0.3) is 0 Å². The van der Waals surface area contributed by atoms with Gasteiger partial charge in [-0.25, -0.2) is 14.6 Å². The molecule has 1 heterocycles. The van der Waals surface area contributed by atoms with Crippen LogP contribution in [0.1, 0.15) is 13.8 Å². The summed E-state index contributed by atoms with van der Waals surface area (Å²) in [5, 5.41) is 15.0. The maximum absolute atomic E-state index is 11.8. The second-order valence-corrected chi connectivity index (χ2v) is 6.26. The van der Waals surface area contributed by atoms with Gasteiger partial charge in [0, 0.05) is 5.02 Å². The van der Waals surface area contributed by atoms with Gasteiger partial charge in [0.05, 0.1) is 10.2 Å². The largest absolute Gasteiger partial charge is 0.480 e. The van der Waals surface area contributed by atoms with E-state index in [9.17, 15) is 9.59 Å². The lowest BCUT2D eigenvalue weighted by Gasteiger charge is -2.17. The highest BCUT2D eigenvalue weighted by molar-refractivity contribution is 7.22. The number of carbonyl (C=O) groups excluding carboxylic acids is 1. The summed E-state index contributed by atoms with van der Waals surface area (Å²) in [6.07, 6.45) is 0. The Labute approximate surface area is 130 Å². The van der Waals surface area contributed by atoms with Gasteiger partial charge in [-0.3, -0.25) is 5.32 Å². The molecule has 8 heteroatoms. The molecular weight excluding hydrogens is 314 g/mol. The average molecular weight is 328 g/mol. The Morgan fingerprint density at radius 1 is 1.38 bits per heavy atom. The van der Waals surface area contributed by atoms with Crippen molar-refractivity contribution in [3.8, 4) is 0 Å². The molecule has 0 bridgehead atoms. The van der Waals surface area contributed by atoms with Gasteiger partial charge in [-0.15, -0.1) is 0 Å². The number of carboxylic acid groups (broad SMARTS) is 1. The highest BCUT2D eigenvalue weighted by Crippen LogP contribution is 2.28. The van der Waals surface area contributed by atoms with Crippen LogP contribution in [0.15, 0.2) is 18.2 Å². The zero-order chi connectivity index (χ0) is 15.6. The van der Waals surface area contributed by atoms with Crippen LogP contribution in [0.2, 0.25) is 5.02 Å². The summed E-state index contributed by atoms with van der Waals surface area (Å²) in [6.45, 7) is 3.44. The molecule has 0 saturated heterocycles. The van der Waals surface area contributed by atoms with Crippen LogP contribution < -0.4 is 10.6 Å². The van der Waals surface area contributed by atoms with Crippen molar-refractivity contribution in [3.63, 3.8) is 0 Å². The molecule has 0 spiro atoms. The first-order chi connectivity index (χ1) is 9.86. The van der Waals surface area contributed by atoms with Gasteiger partial charge in [0.15, 0.2) is 5.13 Å². The van der Waals surface area contributed by atoms with E-state index in [0.29, 0.717) is 10.2 Å². The second kappa shape index (κ2) is 6.28. The summed E-state index contributed by atoms with van der Waals surface area (Å²) >= 11 is 7.15. The molecular formula is C13H14ClN3O3S. The molecule has 1 atom stereocenters. The molecule has 2 aromatic rings. The number of rotatable bonds is 4. The normalized spacial score (nSPS) is 12.4. The van der Waals surface area contributed by atoms with Crippen molar-refractivity contribution in [1.29, 1.82) is 0 Å². The highest BCUT2D eigenvalue weighted by atomic mass is 35.5. The molecule has 0 radical (unpaired) electrons. The van der Waals surface area contributed by atoms with Crippen molar-refractivity contribution in [2.75, 3.05) is 5.32 Å². The number of nitrogens with one attached hydrogen (secondary N) is 2. The Kier molecular flexibility index (Phi) is 4.64. The minimum absolute atomic E-state index is 0.220. The van der Waals surface area contributed by atoms with Crippen LogP contribution >= 0.6 is 22.9 Å². The van der Waals surface area contributed by atoms with E-state index in [1.54, 1.807) is 32.0 Å². The third kappa shape index (κ3) is 3.83. The number of carbonyl (C=O) groups is 2. The monoisotopic (exact) mass is 327 g/mol. The summed E-state index contributed by atoms with van der Waals surface area (Å²) in [4.78, 5) is 27.1. The quantitative estimate of drug-likeness (QED) is 0.804. The lowest BCUT2D eigenvalue weighted by molar-refractivity contribution is -0.140. The summed E-state index contributed by atoms with van der Waals surface area (Å²) in [6, 6.07) is 3.68. The first kappa shape index (κ1) is 15.5. The molecule has 0 aliphatic rings. The smallest absolute Gasteiger partial charge is 0.326 e. The zero-order valence-electron chi connectivity index (χ0n) is 11.4. The van der Waals surface area contributed by atoms with E-state index in [2.05, 4.69) is 15.6 Å². The molecule has 112 valence electrons. The number of aliphatic carboxylic acids is 1. The summed E-state index contributed by atoms with van der Waals surface area (Å²) in [5.74, 6) is -1.29. The van der Waals surface area contributed by atoms with Crippen LogP contribution in [-0.2, 0) is 4.79 Å². The summed E-state index contributed by atoms with van der Waals surface area (Å²) in [5.41, 5.74) is 0.721. The first-order valence-electron chi connectivity index (χ1n) is 6.23. The number of aromatic nitrogens is 1. The number of fused-ring (bicyclic) bond motifs is 1. The number of hydrogen-bond donors (Lipinski definition) is 3. The fourth-order valence-corrected chi connectivity index (χ4v) is 2.88. The second-order valence-electron chi connectivity index (χ2n) is 4.79. The van der Waals surface area contributed by atoms with E-state index in [-0.39, 0.29) is 5.92 Å². The van der Waals surface area contributed by atoms with Gasteiger partial charge in [0.2, 0.25) is 0 Å². The van der Waals surface area contributed by atoms with Gasteiger partial charge in [0.1, 0.15) is 6.04 Å². The van der Waals surface area contributed by atoms with Crippen molar-refractivity contribution in [2.45, 2.75) is 19.9 Å². The van der Waals surface area contributed by atoms with Crippen molar-refractivity contribution < 1.29 is 14.7 Å². The van der Waals surface area contributed by atoms with Crippen molar-refractivity contribution in [3.05, 3.63) is 23.2 Å². The summed E-state index contributed by atoms with van der Waals surface area (Å²) in [7, 11) is 0. The van der Waals surface area contributed by atoms with Crippen LogP contribution in [0.4, 0.5) is 9.93 Å². The van der Waals surface area contributed by atoms with E-state index in [1.165, 1.54) is 11.3 Å². The topological polar surface area (TPSA) is 91.3 Å². The van der Waals surface area contributed by atoms with Gasteiger partial charge in [-0.05, 0) is 24.1 Å². The number of anilines is 1. The molecule has 0 saturated carbocycles. The Morgan fingerprint density at radius 2 is 2.10 bits per heavy atom. The molecule has 0 aliphatic carbocycles. The third-order valence-corrected chi connectivity index (χ3v) is 3.96. The maximum atomic E-state index is 11.8. The Morgan fingerprint density at radius 3 is 2.71 bits per heavy atom. The Hall–Kier alpha value is -1.86. The molecule has 6 nitrogen and oxygen atoms in total. The number of halogens is 1. The molecule has 0 fully saturated rings. The van der Waals surface area contributed by atoms with Gasteiger partial charge < -0.3 is 10.4 Å². The fourth-order valence-electron chi connectivity index (χ4n) is 1.74. The number of carboxylic acids is 1. The molecule has 3 N–H and O–H groups in total. The first-order valence-corrected chi connectivity index (χ1v) is 7.42. The van der Waals surface area contributed by atoms with E-state index in [0.717, 1.165) is 10.2 Å². The van der Waals surface area contributed by atoms with Gasteiger partial charge in [-0.2, -0.15) is 0 Å². The standard InChI is InChI=1S/C13H14ClN3O3S/c1-6(2)10(11(18)19)16-12(20)17-13-15-8-4-3-7(14)5-9(8)21-13/h3-6,10H,1-2H3,(H,18,19)(H2,15,16,17,20). The molecule has 1 aromatic heterocycles. The molecule has 2 amide bonds. The number of amides is 2. The van der Waals surface area contributed by atoms with Crippen LogP contribution in [0.5, 0.6) is 0 Å². The average Bonchev–Trinajstić information content (AvgIpc) is 2.76. The van der Waals surface area contributed by atoms with Crippen LogP contribution in [0.3, 0.4) is 0 Å². The molecule has 21 heavy (non-hydrogen) atoms. The molecule has 1 unspecified atom stereocenters. The third-order valence-electron chi connectivity index (χ3n) is 2.79. The predicted octanol–water partition coefficient (Wildman–Crippen LogP) is 3.18. The van der Waals surface area contributed by atoms with Crippen molar-refractivity contribution in [1.82, 2.24) is 10.3 Å². The number of thiazole rings is 1. The Bertz CT molecular complexity index is 686. The minimum Gasteiger partial charge on any atom is -0.480 e. The van der Waals surface area contributed by atoms with Crippen LogP contribution in [0.25, 0.3) is 10.2 Å². The van der Waals surface area contributed by atoms with E-state index in [1.807, 2.05) is 0 Å². The number of hydrogen-bond acceptors (Lipinski definition) is 4. The molecule has 0 aliphatic heterocycles.